The molecule has 0 saturated heterocycles. The van der Waals surface area contributed by atoms with Crippen LogP contribution >= 0.6 is 0 Å². The van der Waals surface area contributed by atoms with Crippen molar-refractivity contribution in [2.24, 2.45) is 5.92 Å². The van der Waals surface area contributed by atoms with Crippen LogP contribution in [0.25, 0.3) is 0 Å². The third-order valence-corrected chi connectivity index (χ3v) is 7.04. The van der Waals surface area contributed by atoms with Gasteiger partial charge in [-0.15, -0.1) is 0 Å². The first-order valence-electron chi connectivity index (χ1n) is 9.66. The maximum Gasteiger partial charge on any atom is 0.341 e. The van der Waals surface area contributed by atoms with Crippen molar-refractivity contribution in [2.45, 2.75) is 45.1 Å². The molecule has 0 radical (unpaired) electrons. The van der Waals surface area contributed by atoms with Crippen LogP contribution in [-0.4, -0.2) is 39.0 Å². The highest BCUT2D eigenvalue weighted by molar-refractivity contribution is 7.89. The van der Waals surface area contributed by atoms with Gasteiger partial charge in [0.2, 0.25) is 10.0 Å². The van der Waals surface area contributed by atoms with Crippen molar-refractivity contribution in [3.63, 3.8) is 0 Å². The summed E-state index contributed by atoms with van der Waals surface area (Å²) >= 11 is 0. The summed E-state index contributed by atoms with van der Waals surface area (Å²) in [6, 6.07) is 4.99. The second-order valence-corrected chi connectivity index (χ2v) is 9.23. The average Bonchev–Trinajstić information content (AvgIpc) is 3.35. The Bertz CT molecular complexity index is 967. The number of aryl methyl sites for hydroxylation is 2. The molecule has 1 heterocycles. The molecule has 0 atom stereocenters. The molecule has 29 heavy (non-hydrogen) atoms. The van der Waals surface area contributed by atoms with Crippen molar-refractivity contribution in [3.05, 3.63) is 46.9 Å². The van der Waals surface area contributed by atoms with Crippen molar-refractivity contribution in [3.8, 4) is 5.75 Å². The molecule has 7 nitrogen and oxygen atoms in total. The molecular weight excluding hydrogens is 394 g/mol. The molecule has 1 aromatic carbocycles. The van der Waals surface area contributed by atoms with Gasteiger partial charge in [0, 0.05) is 6.54 Å². The van der Waals surface area contributed by atoms with E-state index in [-0.39, 0.29) is 23.6 Å². The summed E-state index contributed by atoms with van der Waals surface area (Å²) in [7, 11) is -2.20. The molecule has 0 bridgehead atoms. The number of esters is 1. The molecule has 8 heteroatoms. The number of ether oxygens (including phenoxy) is 2. The third-order valence-electron chi connectivity index (χ3n) is 4.92. The molecule has 1 fully saturated rings. The number of hydrogen-bond donors (Lipinski definition) is 0. The van der Waals surface area contributed by atoms with Crippen LogP contribution in [0.4, 0.5) is 0 Å². The van der Waals surface area contributed by atoms with E-state index in [0.29, 0.717) is 35.1 Å². The average molecular weight is 422 g/mol. The fourth-order valence-electron chi connectivity index (χ4n) is 3.36. The molecular formula is C21H27NO6S. The fourth-order valence-corrected chi connectivity index (χ4v) is 5.25. The van der Waals surface area contributed by atoms with Gasteiger partial charge in [-0.25, -0.2) is 13.2 Å². The summed E-state index contributed by atoms with van der Waals surface area (Å²) in [5.74, 6) is 0.892. The zero-order valence-corrected chi connectivity index (χ0v) is 18.0. The first kappa shape index (κ1) is 21.4. The first-order chi connectivity index (χ1) is 13.8. The van der Waals surface area contributed by atoms with Gasteiger partial charge in [-0.05, 0) is 68.9 Å². The summed E-state index contributed by atoms with van der Waals surface area (Å²) in [6.07, 6.45) is 3.33. The van der Waals surface area contributed by atoms with Crippen LogP contribution in [0.2, 0.25) is 0 Å². The zero-order chi connectivity index (χ0) is 21.2. The van der Waals surface area contributed by atoms with Crippen molar-refractivity contribution >= 4 is 16.0 Å². The monoisotopic (exact) mass is 421 g/mol. The molecule has 1 aliphatic rings. The van der Waals surface area contributed by atoms with Crippen molar-refractivity contribution in [1.29, 1.82) is 0 Å². The third kappa shape index (κ3) is 4.82. The lowest BCUT2D eigenvalue weighted by atomic mass is 10.1. The van der Waals surface area contributed by atoms with Gasteiger partial charge in [0.1, 0.15) is 17.8 Å². The number of carbonyl (C=O) groups is 1. The van der Waals surface area contributed by atoms with Gasteiger partial charge in [-0.1, -0.05) is 0 Å². The van der Waals surface area contributed by atoms with E-state index in [1.54, 1.807) is 46.1 Å². The number of benzene rings is 1. The predicted octanol–water partition coefficient (Wildman–Crippen LogP) is 3.68. The molecule has 0 unspecified atom stereocenters. The van der Waals surface area contributed by atoms with Gasteiger partial charge in [0.05, 0.1) is 30.7 Å². The van der Waals surface area contributed by atoms with Gasteiger partial charge >= 0.3 is 5.97 Å². The quantitative estimate of drug-likeness (QED) is 0.574. The van der Waals surface area contributed by atoms with E-state index in [1.165, 1.54) is 10.6 Å². The lowest BCUT2D eigenvalue weighted by molar-refractivity contribution is 0.0525. The number of rotatable bonds is 9. The molecule has 0 N–H and O–H groups in total. The second kappa shape index (κ2) is 8.59. The molecule has 0 aliphatic heterocycles. The van der Waals surface area contributed by atoms with Gasteiger partial charge in [-0.3, -0.25) is 0 Å². The normalized spacial score (nSPS) is 14.2. The SMILES string of the molecule is CCOC(=O)c1coc(CN(CC2CC2)S(=O)(=O)c2c(C)cc(OC)cc2C)c1. The predicted molar refractivity (Wildman–Crippen MR) is 107 cm³/mol. The number of carbonyl (C=O) groups excluding carboxylic acids is 1. The fraction of sp³-hybridized carbons (Fsp3) is 0.476. The Morgan fingerprint density at radius 3 is 2.41 bits per heavy atom. The first-order valence-corrected chi connectivity index (χ1v) is 11.1. The summed E-state index contributed by atoms with van der Waals surface area (Å²) in [6.45, 7) is 6.00. The van der Waals surface area contributed by atoms with Crippen molar-refractivity contribution < 1.29 is 27.1 Å². The topological polar surface area (TPSA) is 86.0 Å². The van der Waals surface area contributed by atoms with E-state index in [1.807, 2.05) is 0 Å². The van der Waals surface area contributed by atoms with Gasteiger partial charge in [-0.2, -0.15) is 4.31 Å². The highest BCUT2D eigenvalue weighted by atomic mass is 32.2. The van der Waals surface area contributed by atoms with Crippen LogP contribution in [0, 0.1) is 19.8 Å². The molecule has 3 rings (SSSR count). The van der Waals surface area contributed by atoms with Crippen LogP contribution < -0.4 is 4.74 Å². The zero-order valence-electron chi connectivity index (χ0n) is 17.2. The summed E-state index contributed by atoms with van der Waals surface area (Å²) in [4.78, 5) is 12.2. The molecule has 0 amide bonds. The second-order valence-electron chi connectivity index (χ2n) is 7.35. The molecule has 1 saturated carbocycles. The highest BCUT2D eigenvalue weighted by Crippen LogP contribution is 2.34. The molecule has 2 aromatic rings. The smallest absolute Gasteiger partial charge is 0.341 e. The van der Waals surface area contributed by atoms with Crippen LogP contribution in [-0.2, 0) is 21.3 Å². The number of furan rings is 1. The Balaban J connectivity index is 1.91. The van der Waals surface area contributed by atoms with Crippen LogP contribution in [0.15, 0.2) is 33.8 Å². The minimum absolute atomic E-state index is 0.0587. The van der Waals surface area contributed by atoms with E-state index in [0.717, 1.165) is 12.8 Å². The Labute approximate surface area is 171 Å². The van der Waals surface area contributed by atoms with E-state index in [4.69, 9.17) is 13.9 Å². The van der Waals surface area contributed by atoms with Crippen LogP contribution in [0.1, 0.15) is 47.0 Å². The summed E-state index contributed by atoms with van der Waals surface area (Å²) in [5.41, 5.74) is 1.55. The largest absolute Gasteiger partial charge is 0.497 e. The highest BCUT2D eigenvalue weighted by Gasteiger charge is 2.34. The van der Waals surface area contributed by atoms with Crippen LogP contribution in [0.5, 0.6) is 5.75 Å². The number of hydrogen-bond acceptors (Lipinski definition) is 6. The molecule has 1 aliphatic carbocycles. The maximum absolute atomic E-state index is 13.5. The maximum atomic E-state index is 13.5. The number of sulfonamides is 1. The van der Waals surface area contributed by atoms with E-state index >= 15 is 0 Å². The van der Waals surface area contributed by atoms with Gasteiger partial charge in [0.15, 0.2) is 0 Å². The standard InChI is InChI=1S/C21H27NO6S/c1-5-27-21(23)17-10-19(28-13-17)12-22(11-16-6-7-16)29(24,25)20-14(2)8-18(26-4)9-15(20)3/h8-10,13,16H,5-7,11-12H2,1-4H3. The van der Waals surface area contributed by atoms with E-state index < -0.39 is 16.0 Å². The van der Waals surface area contributed by atoms with Crippen LogP contribution in [0.3, 0.4) is 0 Å². The Morgan fingerprint density at radius 1 is 1.21 bits per heavy atom. The van der Waals surface area contributed by atoms with E-state index in [2.05, 4.69) is 0 Å². The van der Waals surface area contributed by atoms with Crippen molar-refractivity contribution in [2.75, 3.05) is 20.3 Å². The lowest BCUT2D eigenvalue weighted by Gasteiger charge is -2.23. The molecule has 1 aromatic heterocycles. The summed E-state index contributed by atoms with van der Waals surface area (Å²) in [5, 5.41) is 0. The summed E-state index contributed by atoms with van der Waals surface area (Å²) < 4.78 is 44.2. The Hall–Kier alpha value is -2.32. The molecule has 0 spiro atoms. The van der Waals surface area contributed by atoms with Gasteiger partial charge in [0.25, 0.3) is 0 Å². The number of methoxy groups -OCH3 is 1. The minimum atomic E-state index is -3.76. The number of nitrogens with zero attached hydrogens (tertiary/aromatic N) is 1. The Morgan fingerprint density at radius 2 is 1.86 bits per heavy atom. The molecule has 158 valence electrons. The van der Waals surface area contributed by atoms with Crippen molar-refractivity contribution in [1.82, 2.24) is 4.31 Å². The minimum Gasteiger partial charge on any atom is -0.497 e. The van der Waals surface area contributed by atoms with E-state index in [9.17, 15) is 13.2 Å². The van der Waals surface area contributed by atoms with Gasteiger partial charge < -0.3 is 13.9 Å². The Kier molecular flexibility index (Phi) is 6.33. The lowest BCUT2D eigenvalue weighted by Crippen LogP contribution is -2.33.